The topological polar surface area (TPSA) is 38.9 Å². The van der Waals surface area contributed by atoms with Gasteiger partial charge in [0.25, 0.3) is 0 Å². The van der Waals surface area contributed by atoms with Gasteiger partial charge in [-0.25, -0.2) is 0 Å². The molecule has 1 aliphatic carbocycles. The summed E-state index contributed by atoms with van der Waals surface area (Å²) in [6.45, 7) is 4.28. The Bertz CT molecular complexity index is 600. The van der Waals surface area contributed by atoms with Crippen LogP contribution in [0, 0.1) is 0 Å². The molecular formula is C16H20N2. The molecule has 0 bridgehead atoms. The molecule has 2 aromatic rings. The number of aryl methyl sites for hydroxylation is 2. The number of hydrogen-bond acceptors (Lipinski definition) is 2. The van der Waals surface area contributed by atoms with Gasteiger partial charge in [-0.2, -0.15) is 0 Å². The van der Waals surface area contributed by atoms with E-state index in [1.54, 1.807) is 0 Å². The highest BCUT2D eigenvalue weighted by Gasteiger charge is 2.21. The maximum absolute atomic E-state index is 6.22. The first-order valence-electron chi connectivity index (χ1n) is 6.90. The molecule has 2 nitrogen and oxygen atoms in total. The highest BCUT2D eigenvalue weighted by atomic mass is 14.7. The average Bonchev–Trinajstić information content (AvgIpc) is 2.82. The van der Waals surface area contributed by atoms with E-state index in [2.05, 4.69) is 32.0 Å². The maximum Gasteiger partial charge on any atom is 0.0709 e. The zero-order valence-electron chi connectivity index (χ0n) is 11.2. The van der Waals surface area contributed by atoms with Crippen LogP contribution in [-0.4, -0.2) is 4.98 Å². The number of nitrogens with two attached hydrogens (primary N) is 1. The van der Waals surface area contributed by atoms with Gasteiger partial charge < -0.3 is 5.73 Å². The third-order valence-corrected chi connectivity index (χ3v) is 3.98. The molecule has 1 aromatic heterocycles. The fourth-order valence-electron chi connectivity index (χ4n) is 3.09. The second kappa shape index (κ2) is 4.36. The Kier molecular flexibility index (Phi) is 2.83. The number of pyridine rings is 1. The number of aromatic nitrogens is 1. The third kappa shape index (κ3) is 1.72. The van der Waals surface area contributed by atoms with Gasteiger partial charge in [-0.15, -0.1) is 0 Å². The summed E-state index contributed by atoms with van der Waals surface area (Å²) in [7, 11) is 0. The van der Waals surface area contributed by atoms with Crippen molar-refractivity contribution in [2.24, 2.45) is 5.73 Å². The zero-order chi connectivity index (χ0) is 12.7. The van der Waals surface area contributed by atoms with Gasteiger partial charge >= 0.3 is 0 Å². The van der Waals surface area contributed by atoms with E-state index in [0.717, 1.165) is 24.8 Å². The predicted octanol–water partition coefficient (Wildman–Crippen LogP) is 3.31. The van der Waals surface area contributed by atoms with Crippen LogP contribution in [-0.2, 0) is 19.3 Å². The molecule has 1 aliphatic rings. The SMILES string of the molecule is CCc1ccc2nc3c(c(C(C)N)c2c1)CCC3. The molecule has 2 N–H and O–H groups in total. The van der Waals surface area contributed by atoms with Gasteiger partial charge in [-0.3, -0.25) is 4.98 Å². The summed E-state index contributed by atoms with van der Waals surface area (Å²) in [5, 5.41) is 1.27. The molecule has 0 saturated heterocycles. The van der Waals surface area contributed by atoms with Crippen molar-refractivity contribution in [3.05, 3.63) is 40.6 Å². The fourth-order valence-corrected chi connectivity index (χ4v) is 3.09. The highest BCUT2D eigenvalue weighted by molar-refractivity contribution is 5.85. The third-order valence-electron chi connectivity index (χ3n) is 3.98. The second-order valence-corrected chi connectivity index (χ2v) is 5.30. The molecule has 0 fully saturated rings. The number of fused-ring (bicyclic) bond motifs is 2. The standard InChI is InChI=1S/C16H20N2/c1-3-11-7-8-15-13(9-11)16(10(2)17)12-5-4-6-14(12)18-15/h7-10H,3-6,17H2,1-2H3. The Hall–Kier alpha value is -1.41. The van der Waals surface area contributed by atoms with E-state index >= 15 is 0 Å². The summed E-state index contributed by atoms with van der Waals surface area (Å²) >= 11 is 0. The first kappa shape index (κ1) is 11.7. The predicted molar refractivity (Wildman–Crippen MR) is 75.7 cm³/mol. The normalized spacial score (nSPS) is 15.9. The van der Waals surface area contributed by atoms with E-state index in [1.807, 2.05) is 0 Å². The van der Waals surface area contributed by atoms with Crippen molar-refractivity contribution >= 4 is 10.9 Å². The minimum absolute atomic E-state index is 0.0921. The number of hydrogen-bond donors (Lipinski definition) is 1. The summed E-state index contributed by atoms with van der Waals surface area (Å²) in [6, 6.07) is 6.70. The molecule has 1 aromatic carbocycles. The Morgan fingerprint density at radius 3 is 2.89 bits per heavy atom. The van der Waals surface area contributed by atoms with E-state index in [-0.39, 0.29) is 6.04 Å². The zero-order valence-corrected chi connectivity index (χ0v) is 11.2. The molecule has 18 heavy (non-hydrogen) atoms. The molecule has 1 unspecified atom stereocenters. The lowest BCUT2D eigenvalue weighted by Gasteiger charge is -2.16. The Balaban J connectivity index is 2.35. The van der Waals surface area contributed by atoms with Crippen molar-refractivity contribution in [2.75, 3.05) is 0 Å². The lowest BCUT2D eigenvalue weighted by molar-refractivity contribution is 0.806. The molecule has 0 saturated carbocycles. The van der Waals surface area contributed by atoms with Crippen molar-refractivity contribution in [3.8, 4) is 0 Å². The monoisotopic (exact) mass is 240 g/mol. The van der Waals surface area contributed by atoms with Crippen LogP contribution in [0.1, 0.15) is 48.7 Å². The summed E-state index contributed by atoms with van der Waals surface area (Å²) in [6.07, 6.45) is 4.54. The van der Waals surface area contributed by atoms with Gasteiger partial charge in [0.2, 0.25) is 0 Å². The summed E-state index contributed by atoms with van der Waals surface area (Å²) in [4.78, 5) is 4.82. The molecule has 1 atom stereocenters. The van der Waals surface area contributed by atoms with Gasteiger partial charge in [-0.1, -0.05) is 13.0 Å². The largest absolute Gasteiger partial charge is 0.324 e. The highest BCUT2D eigenvalue weighted by Crippen LogP contribution is 2.33. The molecular weight excluding hydrogens is 220 g/mol. The molecule has 94 valence electrons. The second-order valence-electron chi connectivity index (χ2n) is 5.30. The van der Waals surface area contributed by atoms with Crippen LogP contribution in [0.3, 0.4) is 0 Å². The Morgan fingerprint density at radius 1 is 1.33 bits per heavy atom. The maximum atomic E-state index is 6.22. The van der Waals surface area contributed by atoms with Crippen LogP contribution in [0.4, 0.5) is 0 Å². The van der Waals surface area contributed by atoms with Crippen molar-refractivity contribution in [2.45, 2.75) is 45.6 Å². The Morgan fingerprint density at radius 2 is 2.17 bits per heavy atom. The van der Waals surface area contributed by atoms with E-state index in [9.17, 15) is 0 Å². The van der Waals surface area contributed by atoms with Crippen molar-refractivity contribution < 1.29 is 0 Å². The van der Waals surface area contributed by atoms with Crippen molar-refractivity contribution in [1.29, 1.82) is 0 Å². The summed E-state index contributed by atoms with van der Waals surface area (Å²) < 4.78 is 0. The molecule has 3 rings (SSSR count). The van der Waals surface area contributed by atoms with E-state index in [4.69, 9.17) is 10.7 Å². The van der Waals surface area contributed by atoms with Gasteiger partial charge in [0, 0.05) is 17.1 Å². The molecule has 0 aliphatic heterocycles. The minimum Gasteiger partial charge on any atom is -0.324 e. The number of benzene rings is 1. The number of nitrogens with zero attached hydrogens (tertiary/aromatic N) is 1. The van der Waals surface area contributed by atoms with Gasteiger partial charge in [0.1, 0.15) is 0 Å². The first-order valence-corrected chi connectivity index (χ1v) is 6.90. The summed E-state index contributed by atoms with van der Waals surface area (Å²) in [5.74, 6) is 0. The van der Waals surface area contributed by atoms with E-state index < -0.39 is 0 Å². The van der Waals surface area contributed by atoms with E-state index in [0.29, 0.717) is 0 Å². The van der Waals surface area contributed by atoms with Gasteiger partial charge in [0.15, 0.2) is 0 Å². The fraction of sp³-hybridized carbons (Fsp3) is 0.438. The lowest BCUT2D eigenvalue weighted by atomic mass is 9.95. The van der Waals surface area contributed by atoms with Crippen LogP contribution in [0.2, 0.25) is 0 Å². The van der Waals surface area contributed by atoms with Gasteiger partial charge in [0.05, 0.1) is 5.52 Å². The van der Waals surface area contributed by atoms with Crippen LogP contribution in [0.15, 0.2) is 18.2 Å². The van der Waals surface area contributed by atoms with Crippen LogP contribution in [0.5, 0.6) is 0 Å². The quantitative estimate of drug-likeness (QED) is 0.874. The molecule has 2 heteroatoms. The minimum atomic E-state index is 0.0921. The smallest absolute Gasteiger partial charge is 0.0709 e. The molecule has 0 radical (unpaired) electrons. The van der Waals surface area contributed by atoms with E-state index in [1.165, 1.54) is 34.2 Å². The van der Waals surface area contributed by atoms with Crippen LogP contribution in [0.25, 0.3) is 10.9 Å². The molecule has 0 spiro atoms. The average molecular weight is 240 g/mol. The Labute approximate surface area is 108 Å². The lowest BCUT2D eigenvalue weighted by Crippen LogP contribution is -2.10. The first-order chi connectivity index (χ1) is 8.70. The van der Waals surface area contributed by atoms with Crippen molar-refractivity contribution in [1.82, 2.24) is 4.98 Å². The van der Waals surface area contributed by atoms with Crippen LogP contribution < -0.4 is 5.73 Å². The number of rotatable bonds is 2. The summed E-state index contributed by atoms with van der Waals surface area (Å²) in [5.41, 5.74) is 12.7. The van der Waals surface area contributed by atoms with Crippen LogP contribution >= 0.6 is 0 Å². The molecule has 1 heterocycles. The molecule has 0 amide bonds. The van der Waals surface area contributed by atoms with Gasteiger partial charge in [-0.05, 0) is 61.4 Å². The van der Waals surface area contributed by atoms with Crippen molar-refractivity contribution in [3.63, 3.8) is 0 Å².